The van der Waals surface area contributed by atoms with Crippen LogP contribution in [0, 0.1) is 22.7 Å². The van der Waals surface area contributed by atoms with Crippen LogP contribution >= 0.6 is 0 Å². The zero-order chi connectivity index (χ0) is 32.6. The van der Waals surface area contributed by atoms with Crippen LogP contribution in [0.5, 0.6) is 0 Å². The molecular formula is C44H24N4O. The van der Waals surface area contributed by atoms with Gasteiger partial charge in [-0.15, -0.1) is 0 Å². The zero-order valence-corrected chi connectivity index (χ0v) is 26.1. The van der Waals surface area contributed by atoms with Gasteiger partial charge in [-0.1, -0.05) is 84.9 Å². The van der Waals surface area contributed by atoms with E-state index in [1.165, 1.54) is 0 Å². The molecule has 0 amide bonds. The Bertz CT molecular complexity index is 3020. The smallest absolute Gasteiger partial charge is 0.145 e. The Balaban J connectivity index is 1.18. The molecule has 10 rings (SSSR count). The molecule has 3 aromatic heterocycles. The summed E-state index contributed by atoms with van der Waals surface area (Å²) < 4.78 is 10.8. The molecule has 3 heterocycles. The molecule has 5 nitrogen and oxygen atoms in total. The molecule has 5 heteroatoms. The Labute approximate surface area is 280 Å². The minimum atomic E-state index is 0.493. The van der Waals surface area contributed by atoms with Crippen molar-refractivity contribution in [2.24, 2.45) is 0 Å². The van der Waals surface area contributed by atoms with Gasteiger partial charge in [-0.2, -0.15) is 10.5 Å². The first-order valence-corrected chi connectivity index (χ1v) is 16.1. The van der Waals surface area contributed by atoms with E-state index in [1.807, 2.05) is 66.7 Å². The summed E-state index contributed by atoms with van der Waals surface area (Å²) in [6.07, 6.45) is 0. The average Bonchev–Trinajstić information content (AvgIpc) is 3.82. The van der Waals surface area contributed by atoms with E-state index in [-0.39, 0.29) is 0 Å². The van der Waals surface area contributed by atoms with E-state index >= 15 is 0 Å². The van der Waals surface area contributed by atoms with E-state index in [2.05, 4.69) is 100 Å². The number of rotatable bonds is 3. The third kappa shape index (κ3) is 3.79. The van der Waals surface area contributed by atoms with Gasteiger partial charge in [0, 0.05) is 38.2 Å². The Morgan fingerprint density at radius 2 is 1.10 bits per heavy atom. The molecule has 0 aliphatic carbocycles. The maximum atomic E-state index is 10.7. The molecule has 226 valence electrons. The highest BCUT2D eigenvalue weighted by Crippen LogP contribution is 2.41. The topological polar surface area (TPSA) is 70.6 Å². The van der Waals surface area contributed by atoms with Crippen molar-refractivity contribution in [3.05, 3.63) is 157 Å². The Kier molecular flexibility index (Phi) is 5.64. The van der Waals surface area contributed by atoms with E-state index in [9.17, 15) is 10.5 Å². The van der Waals surface area contributed by atoms with E-state index in [0.717, 1.165) is 82.4 Å². The molecule has 0 unspecified atom stereocenters. The molecule has 0 aliphatic rings. The number of para-hydroxylation sites is 4. The number of nitrogens with zero attached hydrogens (tertiary/aromatic N) is 4. The Hall–Kier alpha value is -7.08. The number of benzene rings is 7. The van der Waals surface area contributed by atoms with Crippen molar-refractivity contribution >= 4 is 65.6 Å². The van der Waals surface area contributed by atoms with Gasteiger partial charge in [-0.05, 0) is 66.2 Å². The summed E-state index contributed by atoms with van der Waals surface area (Å²) in [6, 6.07) is 54.1. The summed E-state index contributed by atoms with van der Waals surface area (Å²) in [4.78, 5) is 0. The predicted molar refractivity (Wildman–Crippen MR) is 197 cm³/mol. The van der Waals surface area contributed by atoms with Gasteiger partial charge < -0.3 is 13.6 Å². The normalized spacial score (nSPS) is 11.6. The largest absolute Gasteiger partial charge is 0.455 e. The maximum Gasteiger partial charge on any atom is 0.145 e. The van der Waals surface area contributed by atoms with Crippen LogP contribution in [-0.4, -0.2) is 9.13 Å². The van der Waals surface area contributed by atoms with Crippen LogP contribution in [0.4, 0.5) is 0 Å². The van der Waals surface area contributed by atoms with Gasteiger partial charge in [0.25, 0.3) is 0 Å². The second-order valence-electron chi connectivity index (χ2n) is 12.3. The number of hydrogen-bond donors (Lipinski definition) is 0. The van der Waals surface area contributed by atoms with Crippen LogP contribution in [0.25, 0.3) is 88.1 Å². The van der Waals surface area contributed by atoms with Crippen LogP contribution in [0.2, 0.25) is 0 Å². The summed E-state index contributed by atoms with van der Waals surface area (Å²) in [5, 5.41) is 27.5. The number of aromatic nitrogens is 2. The first-order valence-electron chi connectivity index (χ1n) is 16.1. The number of hydrogen-bond acceptors (Lipinski definition) is 3. The maximum absolute atomic E-state index is 10.7. The summed E-state index contributed by atoms with van der Waals surface area (Å²) in [7, 11) is 0. The van der Waals surface area contributed by atoms with E-state index < -0.39 is 0 Å². The molecule has 0 N–H and O–H groups in total. The summed E-state index contributed by atoms with van der Waals surface area (Å²) in [5.74, 6) is 0. The summed E-state index contributed by atoms with van der Waals surface area (Å²) in [5.41, 5.74) is 10.1. The van der Waals surface area contributed by atoms with Gasteiger partial charge >= 0.3 is 0 Å². The molecule has 0 radical (unpaired) electrons. The summed E-state index contributed by atoms with van der Waals surface area (Å²) >= 11 is 0. The van der Waals surface area contributed by atoms with Crippen LogP contribution in [0.3, 0.4) is 0 Å². The molecule has 0 saturated carbocycles. The highest BCUT2D eigenvalue weighted by Gasteiger charge is 2.21. The Morgan fingerprint density at radius 3 is 1.78 bits per heavy atom. The lowest BCUT2D eigenvalue weighted by molar-refractivity contribution is 0.673. The van der Waals surface area contributed by atoms with Crippen molar-refractivity contribution in [2.75, 3.05) is 0 Å². The van der Waals surface area contributed by atoms with Crippen molar-refractivity contribution < 1.29 is 4.42 Å². The molecule has 7 aromatic carbocycles. The number of fused-ring (bicyclic) bond motifs is 10. The molecule has 0 bridgehead atoms. The third-order valence-electron chi connectivity index (χ3n) is 9.80. The van der Waals surface area contributed by atoms with E-state index in [0.29, 0.717) is 16.8 Å². The lowest BCUT2D eigenvalue weighted by atomic mass is 9.96. The van der Waals surface area contributed by atoms with Gasteiger partial charge in [0.1, 0.15) is 17.2 Å². The minimum absolute atomic E-state index is 0.493. The van der Waals surface area contributed by atoms with Crippen molar-refractivity contribution in [1.82, 2.24) is 9.13 Å². The first-order chi connectivity index (χ1) is 24.2. The second-order valence-corrected chi connectivity index (χ2v) is 12.3. The standard InChI is InChI=1S/C44H24N4O/c45-25-27-23-35(36(26-46)41(24-27)48-37-13-5-1-9-30(37)31-10-2-6-14-38(31)48)28-17-19-29(20-18-28)47-39-15-7-3-12-34(39)43-40(47)22-21-33-32-11-4-8-16-42(32)49-44(33)43/h1-24H. The lowest BCUT2D eigenvalue weighted by Gasteiger charge is -2.15. The first kappa shape index (κ1) is 27.1. The highest BCUT2D eigenvalue weighted by molar-refractivity contribution is 6.23. The molecule has 0 fully saturated rings. The van der Waals surface area contributed by atoms with Gasteiger partial charge in [-0.3, -0.25) is 0 Å². The predicted octanol–water partition coefficient (Wildman–Crippen LogP) is 11.2. The second kappa shape index (κ2) is 10.2. The number of nitriles is 2. The number of furan rings is 1. The lowest BCUT2D eigenvalue weighted by Crippen LogP contribution is -2.01. The fraction of sp³-hybridized carbons (Fsp3) is 0. The van der Waals surface area contributed by atoms with Crippen LogP contribution in [0.1, 0.15) is 11.1 Å². The third-order valence-corrected chi connectivity index (χ3v) is 9.80. The van der Waals surface area contributed by atoms with Crippen molar-refractivity contribution in [3.63, 3.8) is 0 Å². The fourth-order valence-corrected chi connectivity index (χ4v) is 7.70. The summed E-state index contributed by atoms with van der Waals surface area (Å²) in [6.45, 7) is 0. The monoisotopic (exact) mass is 624 g/mol. The molecule has 0 aliphatic heterocycles. The van der Waals surface area contributed by atoms with E-state index in [4.69, 9.17) is 4.42 Å². The van der Waals surface area contributed by atoms with E-state index in [1.54, 1.807) is 0 Å². The minimum Gasteiger partial charge on any atom is -0.455 e. The molecular weight excluding hydrogens is 601 g/mol. The van der Waals surface area contributed by atoms with Gasteiger partial charge in [0.15, 0.2) is 0 Å². The van der Waals surface area contributed by atoms with Crippen molar-refractivity contribution in [2.45, 2.75) is 0 Å². The molecule has 0 atom stereocenters. The van der Waals surface area contributed by atoms with Crippen molar-refractivity contribution in [1.29, 1.82) is 10.5 Å². The molecule has 49 heavy (non-hydrogen) atoms. The fourth-order valence-electron chi connectivity index (χ4n) is 7.70. The van der Waals surface area contributed by atoms with Gasteiger partial charge in [0.2, 0.25) is 0 Å². The highest BCUT2D eigenvalue weighted by atomic mass is 16.3. The van der Waals surface area contributed by atoms with Crippen molar-refractivity contribution in [3.8, 4) is 34.6 Å². The molecule has 0 spiro atoms. The average molecular weight is 625 g/mol. The molecule has 10 aromatic rings. The quantitative estimate of drug-likeness (QED) is 0.196. The Morgan fingerprint density at radius 1 is 0.490 bits per heavy atom. The van der Waals surface area contributed by atoms with Crippen LogP contribution in [0.15, 0.2) is 150 Å². The van der Waals surface area contributed by atoms with Crippen LogP contribution < -0.4 is 0 Å². The van der Waals surface area contributed by atoms with Crippen LogP contribution in [-0.2, 0) is 0 Å². The van der Waals surface area contributed by atoms with Gasteiger partial charge in [0.05, 0.1) is 50.3 Å². The molecule has 0 saturated heterocycles. The van der Waals surface area contributed by atoms with Gasteiger partial charge in [-0.25, -0.2) is 0 Å². The SMILES string of the molecule is N#Cc1cc(-c2ccc(-n3c4ccccc4c4c5oc6ccccc6c5ccc43)cc2)c(C#N)c(-n2c3ccccc3c3ccccc32)c1. The zero-order valence-electron chi connectivity index (χ0n) is 26.1.